The van der Waals surface area contributed by atoms with Crippen molar-refractivity contribution in [3.8, 4) is 11.4 Å². The molecular formula is C24H33N3O4. The van der Waals surface area contributed by atoms with Gasteiger partial charge in [0.1, 0.15) is 0 Å². The SMILES string of the molecule is CC(C)c1ccc(-c2noc(COC(=O)C3(CC(=O)NC(C)(C)C)CCCC3)n2)cc1. The number of amides is 1. The van der Waals surface area contributed by atoms with Crippen molar-refractivity contribution < 1.29 is 18.8 Å². The molecule has 1 amide bonds. The summed E-state index contributed by atoms with van der Waals surface area (Å²) < 4.78 is 10.8. The maximum atomic E-state index is 12.9. The monoisotopic (exact) mass is 427 g/mol. The fourth-order valence-electron chi connectivity index (χ4n) is 4.00. The molecule has 1 aromatic carbocycles. The van der Waals surface area contributed by atoms with E-state index >= 15 is 0 Å². The van der Waals surface area contributed by atoms with Gasteiger partial charge >= 0.3 is 5.97 Å². The maximum Gasteiger partial charge on any atom is 0.313 e. The molecule has 1 aliphatic rings. The Kier molecular flexibility index (Phi) is 6.82. The molecule has 0 saturated heterocycles. The molecular weight excluding hydrogens is 394 g/mol. The number of benzene rings is 1. The summed E-state index contributed by atoms with van der Waals surface area (Å²) in [6.45, 7) is 9.95. The third-order valence-corrected chi connectivity index (χ3v) is 5.64. The minimum Gasteiger partial charge on any atom is -0.455 e. The Morgan fingerprint density at radius 2 is 1.81 bits per heavy atom. The van der Waals surface area contributed by atoms with Crippen LogP contribution >= 0.6 is 0 Å². The lowest BCUT2D eigenvalue weighted by molar-refractivity contribution is -0.160. The van der Waals surface area contributed by atoms with E-state index in [-0.39, 0.29) is 36.3 Å². The van der Waals surface area contributed by atoms with Crippen LogP contribution in [0.25, 0.3) is 11.4 Å². The van der Waals surface area contributed by atoms with Gasteiger partial charge in [-0.2, -0.15) is 4.98 Å². The molecule has 31 heavy (non-hydrogen) atoms. The lowest BCUT2D eigenvalue weighted by atomic mass is 9.82. The highest BCUT2D eigenvalue weighted by atomic mass is 16.6. The normalized spacial score (nSPS) is 15.8. The molecule has 1 heterocycles. The Morgan fingerprint density at radius 3 is 2.39 bits per heavy atom. The summed E-state index contributed by atoms with van der Waals surface area (Å²) >= 11 is 0. The van der Waals surface area contributed by atoms with Crippen LogP contribution in [0.3, 0.4) is 0 Å². The summed E-state index contributed by atoms with van der Waals surface area (Å²) in [5.41, 5.74) is 0.967. The second-order valence-corrected chi connectivity index (χ2v) is 9.83. The lowest BCUT2D eigenvalue weighted by Gasteiger charge is -2.28. The first-order valence-corrected chi connectivity index (χ1v) is 11.0. The molecule has 1 aliphatic carbocycles. The summed E-state index contributed by atoms with van der Waals surface area (Å²) in [5.74, 6) is 0.652. The van der Waals surface area contributed by atoms with Crippen molar-refractivity contribution >= 4 is 11.9 Å². The van der Waals surface area contributed by atoms with E-state index in [9.17, 15) is 9.59 Å². The molecule has 2 aromatic rings. The molecule has 0 unspecified atom stereocenters. The second kappa shape index (κ2) is 9.20. The number of esters is 1. The predicted octanol–water partition coefficient (Wildman–Crippen LogP) is 4.77. The standard InChI is InChI=1S/C24H33N3O4/c1-16(2)17-8-10-18(11-9-17)21-25-20(31-27-21)15-30-22(29)24(12-6-7-13-24)14-19(28)26-23(3,4)5/h8-11,16H,6-7,12-15H2,1-5H3,(H,26,28). The number of rotatable bonds is 7. The largest absolute Gasteiger partial charge is 0.455 e. The van der Waals surface area contributed by atoms with E-state index in [1.807, 2.05) is 45.0 Å². The lowest BCUT2D eigenvalue weighted by Crippen LogP contribution is -2.44. The topological polar surface area (TPSA) is 94.3 Å². The van der Waals surface area contributed by atoms with Crippen LogP contribution in [0.2, 0.25) is 0 Å². The van der Waals surface area contributed by atoms with Crippen molar-refractivity contribution in [1.82, 2.24) is 15.5 Å². The average Bonchev–Trinajstić information content (AvgIpc) is 3.35. The zero-order valence-corrected chi connectivity index (χ0v) is 19.2. The highest BCUT2D eigenvalue weighted by Crippen LogP contribution is 2.42. The van der Waals surface area contributed by atoms with Gasteiger partial charge in [-0.1, -0.05) is 56.1 Å². The summed E-state index contributed by atoms with van der Waals surface area (Å²) in [5, 5.41) is 6.95. The van der Waals surface area contributed by atoms with Gasteiger partial charge in [0.25, 0.3) is 5.89 Å². The van der Waals surface area contributed by atoms with E-state index in [0.29, 0.717) is 24.6 Å². The average molecular weight is 428 g/mol. The zero-order valence-electron chi connectivity index (χ0n) is 19.2. The first kappa shape index (κ1) is 23.0. The Morgan fingerprint density at radius 1 is 1.16 bits per heavy atom. The van der Waals surface area contributed by atoms with E-state index in [1.54, 1.807) is 0 Å². The summed E-state index contributed by atoms with van der Waals surface area (Å²) in [7, 11) is 0. The van der Waals surface area contributed by atoms with Gasteiger partial charge in [0.2, 0.25) is 11.7 Å². The van der Waals surface area contributed by atoms with E-state index in [4.69, 9.17) is 9.26 Å². The molecule has 1 aromatic heterocycles. The minimum absolute atomic E-state index is 0.0987. The van der Waals surface area contributed by atoms with Crippen molar-refractivity contribution in [2.24, 2.45) is 5.41 Å². The van der Waals surface area contributed by atoms with Crippen LogP contribution in [0.4, 0.5) is 0 Å². The molecule has 0 bridgehead atoms. The Hall–Kier alpha value is -2.70. The van der Waals surface area contributed by atoms with Crippen molar-refractivity contribution in [1.29, 1.82) is 0 Å². The molecule has 0 atom stereocenters. The number of aromatic nitrogens is 2. The second-order valence-electron chi connectivity index (χ2n) is 9.83. The fraction of sp³-hybridized carbons (Fsp3) is 0.583. The molecule has 1 N–H and O–H groups in total. The van der Waals surface area contributed by atoms with Crippen LogP contribution in [-0.4, -0.2) is 27.6 Å². The molecule has 1 saturated carbocycles. The Bertz CT molecular complexity index is 904. The number of nitrogens with one attached hydrogen (secondary N) is 1. The Labute approximate surface area is 183 Å². The van der Waals surface area contributed by atoms with Crippen LogP contribution < -0.4 is 5.32 Å². The summed E-state index contributed by atoms with van der Waals surface area (Å²) in [6.07, 6.45) is 3.27. The highest BCUT2D eigenvalue weighted by Gasteiger charge is 2.44. The Balaban J connectivity index is 1.62. The van der Waals surface area contributed by atoms with Gasteiger partial charge in [-0.05, 0) is 45.1 Å². The molecule has 7 nitrogen and oxygen atoms in total. The van der Waals surface area contributed by atoms with Crippen molar-refractivity contribution in [3.63, 3.8) is 0 Å². The van der Waals surface area contributed by atoms with Gasteiger partial charge in [0.05, 0.1) is 5.41 Å². The molecule has 1 fully saturated rings. The highest BCUT2D eigenvalue weighted by molar-refractivity contribution is 5.86. The van der Waals surface area contributed by atoms with Crippen LogP contribution in [0.15, 0.2) is 28.8 Å². The number of nitrogens with zero attached hydrogens (tertiary/aromatic N) is 2. The van der Waals surface area contributed by atoms with E-state index in [1.165, 1.54) is 5.56 Å². The number of carbonyl (C=O) groups excluding carboxylic acids is 2. The van der Waals surface area contributed by atoms with E-state index in [2.05, 4.69) is 29.3 Å². The molecule has 168 valence electrons. The first-order valence-electron chi connectivity index (χ1n) is 11.0. The van der Waals surface area contributed by atoms with Gasteiger partial charge in [0.15, 0.2) is 6.61 Å². The molecule has 0 aliphatic heterocycles. The van der Waals surface area contributed by atoms with E-state index < -0.39 is 5.41 Å². The third kappa shape index (κ3) is 5.93. The molecule has 0 spiro atoms. The number of ether oxygens (including phenoxy) is 1. The molecule has 7 heteroatoms. The number of hydrogen-bond acceptors (Lipinski definition) is 6. The number of carbonyl (C=O) groups is 2. The van der Waals surface area contributed by atoms with Crippen LogP contribution in [0.5, 0.6) is 0 Å². The molecule has 3 rings (SSSR count). The minimum atomic E-state index is -0.773. The van der Waals surface area contributed by atoms with Gasteiger partial charge in [-0.25, -0.2) is 0 Å². The fourth-order valence-corrected chi connectivity index (χ4v) is 4.00. The predicted molar refractivity (Wildman–Crippen MR) is 117 cm³/mol. The molecule has 0 radical (unpaired) electrons. The number of hydrogen-bond donors (Lipinski definition) is 1. The van der Waals surface area contributed by atoms with Gasteiger partial charge in [-0.3, -0.25) is 9.59 Å². The quantitative estimate of drug-likeness (QED) is 0.640. The zero-order chi connectivity index (χ0) is 22.6. The van der Waals surface area contributed by atoms with Crippen molar-refractivity contribution in [2.45, 2.75) is 84.8 Å². The van der Waals surface area contributed by atoms with Crippen LogP contribution in [0.1, 0.15) is 84.1 Å². The van der Waals surface area contributed by atoms with E-state index in [0.717, 1.165) is 18.4 Å². The van der Waals surface area contributed by atoms with Crippen LogP contribution in [-0.2, 0) is 20.9 Å². The maximum absolute atomic E-state index is 12.9. The first-order chi connectivity index (χ1) is 14.6. The summed E-state index contributed by atoms with van der Waals surface area (Å²) in [4.78, 5) is 29.7. The van der Waals surface area contributed by atoms with Crippen LogP contribution in [0, 0.1) is 5.41 Å². The van der Waals surface area contributed by atoms with Gasteiger partial charge < -0.3 is 14.6 Å². The van der Waals surface area contributed by atoms with Gasteiger partial charge in [-0.15, -0.1) is 0 Å². The third-order valence-electron chi connectivity index (χ3n) is 5.64. The summed E-state index contributed by atoms with van der Waals surface area (Å²) in [6, 6.07) is 8.00. The van der Waals surface area contributed by atoms with Crippen molar-refractivity contribution in [3.05, 3.63) is 35.7 Å². The smallest absolute Gasteiger partial charge is 0.313 e. The van der Waals surface area contributed by atoms with Crippen molar-refractivity contribution in [2.75, 3.05) is 0 Å². The van der Waals surface area contributed by atoms with Gasteiger partial charge in [0, 0.05) is 17.5 Å².